The van der Waals surface area contributed by atoms with Crippen molar-refractivity contribution in [3.63, 3.8) is 0 Å². The van der Waals surface area contributed by atoms with Crippen molar-refractivity contribution in [2.75, 3.05) is 0 Å². The Bertz CT molecular complexity index is 1680. The van der Waals surface area contributed by atoms with E-state index in [9.17, 15) is 0 Å². The molecular formula is C28H23N3O. The van der Waals surface area contributed by atoms with E-state index in [0.717, 1.165) is 55.4 Å². The monoisotopic (exact) mass is 417 g/mol. The Hall–Kier alpha value is -3.79. The van der Waals surface area contributed by atoms with Gasteiger partial charge in [0, 0.05) is 32.8 Å². The fourth-order valence-corrected chi connectivity index (χ4v) is 4.54. The first-order valence-electron chi connectivity index (χ1n) is 11.0. The zero-order chi connectivity index (χ0) is 22.0. The number of rotatable bonds is 2. The summed E-state index contributed by atoms with van der Waals surface area (Å²) >= 11 is 0. The third-order valence-corrected chi connectivity index (χ3v) is 6.18. The molecule has 0 unspecified atom stereocenters. The predicted molar refractivity (Wildman–Crippen MR) is 131 cm³/mol. The second kappa shape index (κ2) is 6.86. The molecule has 0 spiro atoms. The fourth-order valence-electron chi connectivity index (χ4n) is 4.54. The van der Waals surface area contributed by atoms with Gasteiger partial charge in [0.05, 0.1) is 11.2 Å². The Morgan fingerprint density at radius 2 is 1.56 bits per heavy atom. The number of aromatic nitrogens is 3. The maximum atomic E-state index is 6.35. The highest BCUT2D eigenvalue weighted by Gasteiger charge is 2.18. The lowest BCUT2D eigenvalue weighted by molar-refractivity contribution is 0.648. The highest BCUT2D eigenvalue weighted by molar-refractivity contribution is 6.14. The van der Waals surface area contributed by atoms with Crippen molar-refractivity contribution in [1.29, 1.82) is 0 Å². The molecule has 0 radical (unpaired) electrons. The SMILES string of the molecule is Cc1ccc2ccc3c(-c4cccc5c4oc4nc(C(C)C)ccc45)nc(C)nc3c2c1. The summed E-state index contributed by atoms with van der Waals surface area (Å²) in [5.41, 5.74) is 6.58. The van der Waals surface area contributed by atoms with E-state index >= 15 is 0 Å². The minimum atomic E-state index is 0.345. The summed E-state index contributed by atoms with van der Waals surface area (Å²) in [6, 6.07) is 21.2. The Morgan fingerprint density at radius 1 is 0.750 bits per heavy atom. The maximum absolute atomic E-state index is 6.35. The third kappa shape index (κ3) is 2.79. The number of fused-ring (bicyclic) bond motifs is 6. The van der Waals surface area contributed by atoms with Crippen LogP contribution < -0.4 is 0 Å². The number of para-hydroxylation sites is 1. The molecule has 0 saturated heterocycles. The van der Waals surface area contributed by atoms with Crippen LogP contribution in [0.5, 0.6) is 0 Å². The van der Waals surface area contributed by atoms with Gasteiger partial charge in [0.25, 0.3) is 0 Å². The van der Waals surface area contributed by atoms with Gasteiger partial charge < -0.3 is 4.42 Å². The topological polar surface area (TPSA) is 51.8 Å². The molecule has 6 rings (SSSR count). The highest BCUT2D eigenvalue weighted by atomic mass is 16.3. The van der Waals surface area contributed by atoms with Crippen molar-refractivity contribution in [3.05, 3.63) is 77.7 Å². The predicted octanol–water partition coefficient (Wildman–Crippen LogP) is 7.48. The van der Waals surface area contributed by atoms with Gasteiger partial charge in [-0.1, -0.05) is 49.7 Å². The molecule has 4 nitrogen and oxygen atoms in total. The molecule has 0 fully saturated rings. The molecule has 6 aromatic rings. The van der Waals surface area contributed by atoms with Crippen LogP contribution >= 0.6 is 0 Å². The molecule has 32 heavy (non-hydrogen) atoms. The zero-order valence-electron chi connectivity index (χ0n) is 18.6. The van der Waals surface area contributed by atoms with Gasteiger partial charge in [-0.15, -0.1) is 0 Å². The van der Waals surface area contributed by atoms with E-state index in [2.05, 4.69) is 81.4 Å². The number of hydrogen-bond donors (Lipinski definition) is 0. The highest BCUT2D eigenvalue weighted by Crippen LogP contribution is 2.38. The Kier molecular flexibility index (Phi) is 4.06. The largest absolute Gasteiger partial charge is 0.437 e. The fraction of sp³-hybridized carbons (Fsp3) is 0.179. The van der Waals surface area contributed by atoms with Crippen LogP contribution in [0, 0.1) is 13.8 Å². The molecule has 156 valence electrons. The van der Waals surface area contributed by atoms with Gasteiger partial charge in [-0.05, 0) is 55.5 Å². The van der Waals surface area contributed by atoms with Crippen LogP contribution in [-0.2, 0) is 0 Å². The minimum Gasteiger partial charge on any atom is -0.437 e. The van der Waals surface area contributed by atoms with Crippen molar-refractivity contribution in [2.45, 2.75) is 33.6 Å². The molecule has 4 heteroatoms. The summed E-state index contributed by atoms with van der Waals surface area (Å²) in [7, 11) is 0. The van der Waals surface area contributed by atoms with Gasteiger partial charge in [-0.3, -0.25) is 0 Å². The number of benzene rings is 3. The number of furan rings is 1. The summed E-state index contributed by atoms with van der Waals surface area (Å²) in [6.45, 7) is 8.35. The maximum Gasteiger partial charge on any atom is 0.227 e. The van der Waals surface area contributed by atoms with E-state index in [1.807, 2.05) is 6.92 Å². The summed E-state index contributed by atoms with van der Waals surface area (Å²) < 4.78 is 6.35. The Morgan fingerprint density at radius 3 is 2.41 bits per heavy atom. The van der Waals surface area contributed by atoms with E-state index in [1.54, 1.807) is 0 Å². The van der Waals surface area contributed by atoms with Crippen LogP contribution in [0.15, 0.2) is 65.1 Å². The number of nitrogens with zero attached hydrogens (tertiary/aromatic N) is 3. The average molecular weight is 418 g/mol. The molecule has 3 aromatic carbocycles. The Balaban J connectivity index is 1.70. The van der Waals surface area contributed by atoms with E-state index in [-0.39, 0.29) is 0 Å². The molecule has 0 amide bonds. The quantitative estimate of drug-likeness (QED) is 0.274. The molecule has 0 atom stereocenters. The number of pyridine rings is 1. The first-order chi connectivity index (χ1) is 15.5. The summed E-state index contributed by atoms with van der Waals surface area (Å²) in [5, 5.41) is 5.44. The zero-order valence-corrected chi connectivity index (χ0v) is 18.6. The summed E-state index contributed by atoms with van der Waals surface area (Å²) in [4.78, 5) is 14.5. The van der Waals surface area contributed by atoms with Gasteiger partial charge in [0.1, 0.15) is 11.4 Å². The van der Waals surface area contributed by atoms with Crippen LogP contribution in [0.1, 0.15) is 36.8 Å². The van der Waals surface area contributed by atoms with E-state index in [0.29, 0.717) is 11.6 Å². The van der Waals surface area contributed by atoms with Gasteiger partial charge in [-0.25, -0.2) is 15.0 Å². The second-order valence-corrected chi connectivity index (χ2v) is 8.83. The molecule has 0 N–H and O–H groups in total. The first kappa shape index (κ1) is 18.9. The number of hydrogen-bond acceptors (Lipinski definition) is 4. The molecule has 3 aromatic heterocycles. The third-order valence-electron chi connectivity index (χ3n) is 6.18. The van der Waals surface area contributed by atoms with Gasteiger partial charge in [0.15, 0.2) is 0 Å². The van der Waals surface area contributed by atoms with E-state index in [1.165, 1.54) is 10.9 Å². The van der Waals surface area contributed by atoms with Crippen molar-refractivity contribution in [2.24, 2.45) is 0 Å². The van der Waals surface area contributed by atoms with Crippen LogP contribution in [0.4, 0.5) is 0 Å². The lowest BCUT2D eigenvalue weighted by Crippen LogP contribution is -1.95. The van der Waals surface area contributed by atoms with Crippen LogP contribution in [-0.4, -0.2) is 15.0 Å². The lowest BCUT2D eigenvalue weighted by atomic mass is 9.99. The Labute approximate surface area is 185 Å². The smallest absolute Gasteiger partial charge is 0.227 e. The van der Waals surface area contributed by atoms with Gasteiger partial charge in [0.2, 0.25) is 5.71 Å². The molecule has 0 aliphatic carbocycles. The van der Waals surface area contributed by atoms with Gasteiger partial charge >= 0.3 is 0 Å². The first-order valence-corrected chi connectivity index (χ1v) is 11.0. The molecule has 0 saturated carbocycles. The summed E-state index contributed by atoms with van der Waals surface area (Å²) in [5.74, 6) is 1.09. The number of aryl methyl sites for hydroxylation is 2. The average Bonchev–Trinajstić information content (AvgIpc) is 3.16. The second-order valence-electron chi connectivity index (χ2n) is 8.83. The molecule has 0 bridgehead atoms. The molecule has 3 heterocycles. The van der Waals surface area contributed by atoms with Crippen LogP contribution in [0.25, 0.3) is 55.0 Å². The van der Waals surface area contributed by atoms with E-state index < -0.39 is 0 Å². The van der Waals surface area contributed by atoms with Crippen molar-refractivity contribution in [1.82, 2.24) is 15.0 Å². The van der Waals surface area contributed by atoms with Crippen LogP contribution in [0.3, 0.4) is 0 Å². The normalized spacial score (nSPS) is 12.0. The lowest BCUT2D eigenvalue weighted by Gasteiger charge is -2.10. The molecule has 0 aliphatic rings. The van der Waals surface area contributed by atoms with Gasteiger partial charge in [-0.2, -0.15) is 0 Å². The van der Waals surface area contributed by atoms with E-state index in [4.69, 9.17) is 19.4 Å². The summed E-state index contributed by atoms with van der Waals surface area (Å²) in [6.07, 6.45) is 0. The van der Waals surface area contributed by atoms with Crippen LogP contribution in [0.2, 0.25) is 0 Å². The van der Waals surface area contributed by atoms with Crippen molar-refractivity contribution in [3.8, 4) is 11.3 Å². The minimum absolute atomic E-state index is 0.345. The van der Waals surface area contributed by atoms with Crippen molar-refractivity contribution < 1.29 is 4.42 Å². The molecule has 0 aliphatic heterocycles. The molecular weight excluding hydrogens is 394 g/mol. The van der Waals surface area contributed by atoms with Crippen molar-refractivity contribution >= 4 is 43.7 Å². The standard InChI is InChI=1S/C28H23N3O/c1-15(2)24-13-12-20-19-6-5-7-22(27(19)32-28(20)31-24)25-21-11-10-18-9-8-16(3)14-23(18)26(21)30-17(4)29-25/h5-15H,1-4H3.